The molecule has 0 aromatic rings. The number of nitrogens with one attached hydrogen (secondary N) is 1. The molecule has 0 aliphatic carbocycles. The van der Waals surface area contributed by atoms with Gasteiger partial charge in [0, 0.05) is 6.42 Å². The van der Waals surface area contributed by atoms with Crippen molar-refractivity contribution in [2.75, 3.05) is 6.61 Å². The highest BCUT2D eigenvalue weighted by atomic mass is 16.3. The van der Waals surface area contributed by atoms with E-state index in [1.807, 2.05) is 6.08 Å². The van der Waals surface area contributed by atoms with Crippen LogP contribution in [0.1, 0.15) is 226 Å². The van der Waals surface area contributed by atoms with Gasteiger partial charge in [-0.25, -0.2) is 0 Å². The van der Waals surface area contributed by atoms with Gasteiger partial charge in [0.15, 0.2) is 0 Å². The van der Waals surface area contributed by atoms with Crippen molar-refractivity contribution in [1.82, 2.24) is 5.32 Å². The van der Waals surface area contributed by atoms with Gasteiger partial charge in [-0.2, -0.15) is 0 Å². The summed E-state index contributed by atoms with van der Waals surface area (Å²) in [4.78, 5) is 12.5. The fourth-order valence-corrected chi connectivity index (χ4v) is 7.28. The molecule has 0 aliphatic rings. The van der Waals surface area contributed by atoms with Crippen molar-refractivity contribution in [2.24, 2.45) is 0 Å². The topological polar surface area (TPSA) is 69.6 Å². The molecule has 2 atom stereocenters. The molecule has 65 heavy (non-hydrogen) atoms. The summed E-state index contributed by atoms with van der Waals surface area (Å²) in [6.45, 7) is 4.17. The van der Waals surface area contributed by atoms with E-state index in [4.69, 9.17) is 0 Å². The van der Waals surface area contributed by atoms with Gasteiger partial charge >= 0.3 is 0 Å². The van der Waals surface area contributed by atoms with Gasteiger partial charge < -0.3 is 15.5 Å². The van der Waals surface area contributed by atoms with Crippen molar-refractivity contribution in [3.63, 3.8) is 0 Å². The number of rotatable bonds is 47. The maximum Gasteiger partial charge on any atom is 0.220 e. The van der Waals surface area contributed by atoms with Crippen molar-refractivity contribution in [3.05, 3.63) is 134 Å². The van der Waals surface area contributed by atoms with Crippen LogP contribution in [0.15, 0.2) is 134 Å². The second-order valence-corrected chi connectivity index (χ2v) is 17.5. The number of allylic oxidation sites excluding steroid dienone is 21. The minimum atomic E-state index is -0.893. The van der Waals surface area contributed by atoms with E-state index < -0.39 is 12.1 Å². The number of hydrogen-bond acceptors (Lipinski definition) is 3. The van der Waals surface area contributed by atoms with E-state index in [9.17, 15) is 15.0 Å². The molecule has 0 bridgehead atoms. The van der Waals surface area contributed by atoms with Crippen LogP contribution in [-0.2, 0) is 4.79 Å². The lowest BCUT2D eigenvalue weighted by molar-refractivity contribution is -0.123. The first-order valence-electron chi connectivity index (χ1n) is 26.9. The van der Waals surface area contributed by atoms with Gasteiger partial charge in [0.2, 0.25) is 5.91 Å². The van der Waals surface area contributed by atoms with Crippen LogP contribution in [0, 0.1) is 0 Å². The van der Waals surface area contributed by atoms with E-state index in [1.54, 1.807) is 6.08 Å². The Hall–Kier alpha value is -3.47. The number of unbranched alkanes of at least 4 members (excludes halogenated alkanes) is 20. The van der Waals surface area contributed by atoms with E-state index >= 15 is 0 Å². The molecule has 0 spiro atoms. The van der Waals surface area contributed by atoms with Crippen LogP contribution in [0.2, 0.25) is 0 Å². The number of amides is 1. The highest BCUT2D eigenvalue weighted by molar-refractivity contribution is 5.76. The molecule has 4 nitrogen and oxygen atoms in total. The first kappa shape index (κ1) is 61.5. The Morgan fingerprint density at radius 2 is 0.692 bits per heavy atom. The first-order valence-corrected chi connectivity index (χ1v) is 26.9. The molecule has 3 N–H and O–H groups in total. The van der Waals surface area contributed by atoms with E-state index in [0.717, 1.165) is 109 Å². The number of carbonyl (C=O) groups is 1. The third kappa shape index (κ3) is 51.4. The molecule has 0 aromatic heterocycles. The Kier molecular flexibility index (Phi) is 51.9. The summed E-state index contributed by atoms with van der Waals surface area (Å²) in [7, 11) is 0. The van der Waals surface area contributed by atoms with Crippen molar-refractivity contribution in [2.45, 2.75) is 238 Å². The summed E-state index contributed by atoms with van der Waals surface area (Å²) in [5, 5.41) is 23.1. The van der Waals surface area contributed by atoms with Crippen LogP contribution in [0.3, 0.4) is 0 Å². The minimum Gasteiger partial charge on any atom is -0.394 e. The standard InChI is InChI=1S/C61H101NO3/c1-3-5-7-9-11-13-15-17-19-21-23-25-27-29-30-31-32-33-35-37-39-41-43-45-47-49-51-53-55-57-61(65)62-59(58-63)60(64)56-54-52-50-48-46-44-42-40-38-36-34-28-26-24-22-20-18-16-14-12-10-8-6-4-2/h5,7,11,13,17,19,23,25,29-30,32-33,37-40,43,45-46,48,54,56,59-60,63-64H,3-4,6,8-10,12,14-16,18,20-22,24,26-28,31,34-36,41-42,44,47,49-53,55,57-58H2,1-2H3,(H,62,65)/b7-5-,13-11-,19-17-,25-23-,30-29-,33-32-,39-37-,40-38+,45-43-,48-46+,56-54+. The Morgan fingerprint density at radius 1 is 0.385 bits per heavy atom. The lowest BCUT2D eigenvalue weighted by Crippen LogP contribution is -2.45. The molecule has 368 valence electrons. The predicted octanol–water partition coefficient (Wildman–Crippen LogP) is 17.9. The van der Waals surface area contributed by atoms with Crippen molar-refractivity contribution < 1.29 is 15.0 Å². The fourth-order valence-electron chi connectivity index (χ4n) is 7.28. The van der Waals surface area contributed by atoms with Gasteiger partial charge in [0.25, 0.3) is 0 Å². The molecule has 0 saturated carbocycles. The van der Waals surface area contributed by atoms with Crippen LogP contribution < -0.4 is 5.32 Å². The van der Waals surface area contributed by atoms with E-state index in [2.05, 4.69) is 141 Å². The maximum atomic E-state index is 12.5. The van der Waals surface area contributed by atoms with Crippen molar-refractivity contribution in [1.29, 1.82) is 0 Å². The van der Waals surface area contributed by atoms with Crippen LogP contribution in [0.25, 0.3) is 0 Å². The molecule has 0 aliphatic heterocycles. The molecule has 0 heterocycles. The molecule has 0 saturated heterocycles. The second-order valence-electron chi connectivity index (χ2n) is 17.5. The molecule has 0 radical (unpaired) electrons. The zero-order chi connectivity index (χ0) is 47.0. The minimum absolute atomic E-state index is 0.108. The van der Waals surface area contributed by atoms with Gasteiger partial charge in [-0.1, -0.05) is 244 Å². The zero-order valence-corrected chi connectivity index (χ0v) is 42.2. The summed E-state index contributed by atoms with van der Waals surface area (Å²) in [5.74, 6) is -0.108. The molecule has 2 unspecified atom stereocenters. The normalized spacial score (nSPS) is 14.0. The van der Waals surface area contributed by atoms with Gasteiger partial charge in [-0.15, -0.1) is 0 Å². The van der Waals surface area contributed by atoms with Crippen molar-refractivity contribution in [3.8, 4) is 0 Å². The van der Waals surface area contributed by atoms with Gasteiger partial charge in [-0.3, -0.25) is 4.79 Å². The SMILES string of the molecule is CC/C=C\C/C=C\C/C=C\C/C=C\C/C=C\C/C=C\C/C=C\C/C=C\CCCCCCC(=O)NC(CO)C(O)/C=C/CC/C=C/CC/C=C/CCCCCCCCCCCCCCCC. The largest absolute Gasteiger partial charge is 0.394 e. The zero-order valence-electron chi connectivity index (χ0n) is 42.2. The number of aliphatic hydroxyl groups is 2. The highest BCUT2D eigenvalue weighted by Crippen LogP contribution is 2.14. The average Bonchev–Trinajstić information content (AvgIpc) is 3.31. The molecular weight excluding hydrogens is 795 g/mol. The van der Waals surface area contributed by atoms with Gasteiger partial charge in [0.05, 0.1) is 18.8 Å². The van der Waals surface area contributed by atoms with Crippen LogP contribution >= 0.6 is 0 Å². The third-order valence-electron chi connectivity index (χ3n) is 11.3. The summed E-state index contributed by atoms with van der Waals surface area (Å²) >= 11 is 0. The average molecular weight is 896 g/mol. The summed E-state index contributed by atoms with van der Waals surface area (Å²) in [5.41, 5.74) is 0. The quantitative estimate of drug-likeness (QED) is 0.0421. The lowest BCUT2D eigenvalue weighted by atomic mass is 10.0. The maximum absolute atomic E-state index is 12.5. The molecule has 4 heteroatoms. The summed E-state index contributed by atoms with van der Waals surface area (Å²) in [6.07, 6.45) is 85.9. The van der Waals surface area contributed by atoms with Crippen LogP contribution in [-0.4, -0.2) is 34.9 Å². The Morgan fingerprint density at radius 3 is 1.08 bits per heavy atom. The second kappa shape index (κ2) is 54.9. The van der Waals surface area contributed by atoms with E-state index in [0.29, 0.717) is 6.42 Å². The smallest absolute Gasteiger partial charge is 0.220 e. The fraction of sp³-hybridized carbons (Fsp3) is 0.623. The van der Waals surface area contributed by atoms with E-state index in [-0.39, 0.29) is 12.5 Å². The Labute approximate surface area is 402 Å². The predicted molar refractivity (Wildman–Crippen MR) is 289 cm³/mol. The number of aliphatic hydroxyl groups excluding tert-OH is 2. The Bertz CT molecular complexity index is 1340. The first-order chi connectivity index (χ1) is 32.2. The number of carbonyl (C=O) groups excluding carboxylic acids is 1. The molecule has 0 rings (SSSR count). The third-order valence-corrected chi connectivity index (χ3v) is 11.3. The molecule has 0 fully saturated rings. The monoisotopic (exact) mass is 896 g/mol. The Balaban J connectivity index is 3.73. The van der Waals surface area contributed by atoms with Crippen molar-refractivity contribution >= 4 is 5.91 Å². The highest BCUT2D eigenvalue weighted by Gasteiger charge is 2.17. The van der Waals surface area contributed by atoms with Crippen LogP contribution in [0.4, 0.5) is 0 Å². The summed E-state index contributed by atoms with van der Waals surface area (Å²) < 4.78 is 0. The van der Waals surface area contributed by atoms with Gasteiger partial charge in [-0.05, 0) is 109 Å². The summed E-state index contributed by atoms with van der Waals surface area (Å²) in [6, 6.07) is -0.671. The van der Waals surface area contributed by atoms with E-state index in [1.165, 1.54) is 96.3 Å². The number of hydrogen-bond donors (Lipinski definition) is 3. The van der Waals surface area contributed by atoms with Gasteiger partial charge in [0.1, 0.15) is 0 Å². The molecular formula is C61H101NO3. The van der Waals surface area contributed by atoms with Crippen LogP contribution in [0.5, 0.6) is 0 Å². The molecule has 1 amide bonds. The lowest BCUT2D eigenvalue weighted by Gasteiger charge is -2.19. The molecule has 0 aromatic carbocycles.